The summed E-state index contributed by atoms with van der Waals surface area (Å²) in [5.74, 6) is 0.801. The molecule has 0 radical (unpaired) electrons. The molecule has 0 saturated heterocycles. The quantitative estimate of drug-likeness (QED) is 0.685. The van der Waals surface area contributed by atoms with Crippen molar-refractivity contribution in [1.82, 2.24) is 4.31 Å². The first-order chi connectivity index (χ1) is 9.88. The number of halogens is 1. The van der Waals surface area contributed by atoms with E-state index in [2.05, 4.69) is 0 Å². The van der Waals surface area contributed by atoms with Gasteiger partial charge in [-0.05, 0) is 32.0 Å². The number of nitrogens with zero attached hydrogens (tertiary/aromatic N) is 1. The highest BCUT2D eigenvalue weighted by atomic mass is 35.5. The van der Waals surface area contributed by atoms with E-state index < -0.39 is 10.0 Å². The summed E-state index contributed by atoms with van der Waals surface area (Å²) in [7, 11) is -0.507. The molecule has 0 bridgehead atoms. The van der Waals surface area contributed by atoms with Crippen molar-refractivity contribution in [3.63, 3.8) is 0 Å². The molecule has 7 heteroatoms. The van der Waals surface area contributed by atoms with Crippen LogP contribution in [0.25, 0.3) is 0 Å². The van der Waals surface area contributed by atoms with E-state index in [4.69, 9.17) is 21.1 Å². The van der Waals surface area contributed by atoms with Crippen molar-refractivity contribution in [2.45, 2.75) is 30.7 Å². The Labute approximate surface area is 131 Å². The lowest BCUT2D eigenvalue weighted by Gasteiger charge is -2.24. The van der Waals surface area contributed by atoms with Crippen LogP contribution in [-0.4, -0.2) is 46.1 Å². The topological polar surface area (TPSA) is 55.8 Å². The van der Waals surface area contributed by atoms with Gasteiger partial charge in [-0.1, -0.05) is 0 Å². The molecule has 0 N–H and O–H groups in total. The maximum atomic E-state index is 12.6. The molecular formula is C14H22ClNO4S. The van der Waals surface area contributed by atoms with Gasteiger partial charge in [0.25, 0.3) is 0 Å². The number of benzene rings is 1. The lowest BCUT2D eigenvalue weighted by Crippen LogP contribution is -2.37. The highest BCUT2D eigenvalue weighted by molar-refractivity contribution is 7.89. The van der Waals surface area contributed by atoms with Crippen LogP contribution in [0.2, 0.25) is 0 Å². The number of sulfonamides is 1. The molecule has 0 fully saturated rings. The first-order valence-corrected chi connectivity index (χ1v) is 8.64. The number of hydrogen-bond donors (Lipinski definition) is 0. The summed E-state index contributed by atoms with van der Waals surface area (Å²) in [4.78, 5) is 0.201. The maximum absolute atomic E-state index is 12.6. The van der Waals surface area contributed by atoms with Crippen LogP contribution in [0.1, 0.15) is 19.4 Å². The van der Waals surface area contributed by atoms with Crippen molar-refractivity contribution >= 4 is 21.6 Å². The molecule has 1 aromatic carbocycles. The summed E-state index contributed by atoms with van der Waals surface area (Å²) >= 11 is 5.87. The molecule has 0 aliphatic carbocycles. The van der Waals surface area contributed by atoms with Gasteiger partial charge in [-0.3, -0.25) is 0 Å². The molecule has 0 amide bonds. The van der Waals surface area contributed by atoms with Gasteiger partial charge in [0.05, 0.1) is 24.0 Å². The molecular weight excluding hydrogens is 314 g/mol. The highest BCUT2D eigenvalue weighted by Crippen LogP contribution is 2.26. The molecule has 0 aliphatic rings. The predicted octanol–water partition coefficient (Wildman–Crippen LogP) is 2.48. The van der Waals surface area contributed by atoms with E-state index in [9.17, 15) is 8.42 Å². The normalized spacial score (nSPS) is 13.4. The molecule has 21 heavy (non-hydrogen) atoms. The molecule has 1 atom stereocenters. The Morgan fingerprint density at radius 1 is 1.38 bits per heavy atom. The van der Waals surface area contributed by atoms with Crippen molar-refractivity contribution in [3.05, 3.63) is 23.8 Å². The van der Waals surface area contributed by atoms with Crippen LogP contribution >= 0.6 is 11.6 Å². The van der Waals surface area contributed by atoms with Gasteiger partial charge in [0.1, 0.15) is 5.75 Å². The lowest BCUT2D eigenvalue weighted by molar-refractivity contribution is 0.149. The minimum absolute atomic E-state index is 0.191. The van der Waals surface area contributed by atoms with Crippen molar-refractivity contribution in [2.24, 2.45) is 0 Å². The molecule has 0 saturated carbocycles. The average Bonchev–Trinajstić information content (AvgIpc) is 2.47. The van der Waals surface area contributed by atoms with Crippen LogP contribution in [0.3, 0.4) is 0 Å². The van der Waals surface area contributed by atoms with E-state index in [-0.39, 0.29) is 16.8 Å². The Kier molecular flexibility index (Phi) is 6.93. The standard InChI is InChI=1S/C14H22ClNO4S/c1-5-20-14-7-6-13(8-12(14)9-15)21(17,18)16(3)11(2)10-19-4/h6-8,11H,5,9-10H2,1-4H3. The summed E-state index contributed by atoms with van der Waals surface area (Å²) in [5, 5.41) is 0. The second-order valence-electron chi connectivity index (χ2n) is 4.66. The molecule has 1 unspecified atom stereocenters. The second kappa shape index (κ2) is 7.98. The smallest absolute Gasteiger partial charge is 0.243 e. The van der Waals surface area contributed by atoms with E-state index in [0.717, 1.165) is 0 Å². The molecule has 1 aromatic rings. The SMILES string of the molecule is CCOc1ccc(S(=O)(=O)N(C)C(C)COC)cc1CCl. The summed E-state index contributed by atoms with van der Waals surface area (Å²) in [6.07, 6.45) is 0. The monoisotopic (exact) mass is 335 g/mol. The van der Waals surface area contributed by atoms with Gasteiger partial charge >= 0.3 is 0 Å². The van der Waals surface area contributed by atoms with Gasteiger partial charge in [-0.25, -0.2) is 8.42 Å². The van der Waals surface area contributed by atoms with Gasteiger partial charge in [0, 0.05) is 25.8 Å². The number of hydrogen-bond acceptors (Lipinski definition) is 4. The third-order valence-corrected chi connectivity index (χ3v) is 5.44. The van der Waals surface area contributed by atoms with Crippen LogP contribution < -0.4 is 4.74 Å². The summed E-state index contributed by atoms with van der Waals surface area (Å²) in [6, 6.07) is 4.48. The Morgan fingerprint density at radius 2 is 2.05 bits per heavy atom. The number of methoxy groups -OCH3 is 1. The molecule has 0 spiro atoms. The van der Waals surface area contributed by atoms with Crippen LogP contribution in [-0.2, 0) is 20.6 Å². The second-order valence-corrected chi connectivity index (χ2v) is 6.93. The predicted molar refractivity (Wildman–Crippen MR) is 83.5 cm³/mol. The Morgan fingerprint density at radius 3 is 2.57 bits per heavy atom. The fourth-order valence-corrected chi connectivity index (χ4v) is 3.47. The van der Waals surface area contributed by atoms with Gasteiger partial charge in [0.2, 0.25) is 10.0 Å². The lowest BCUT2D eigenvalue weighted by atomic mass is 10.2. The van der Waals surface area contributed by atoms with E-state index in [1.165, 1.54) is 17.4 Å². The number of likely N-dealkylation sites (N-methyl/N-ethyl adjacent to an activating group) is 1. The van der Waals surface area contributed by atoms with Crippen LogP contribution in [0.15, 0.2) is 23.1 Å². The van der Waals surface area contributed by atoms with Gasteiger partial charge in [-0.15, -0.1) is 11.6 Å². The molecule has 0 heterocycles. The minimum Gasteiger partial charge on any atom is -0.494 e. The fraction of sp³-hybridized carbons (Fsp3) is 0.571. The Bertz CT molecular complexity index is 562. The van der Waals surface area contributed by atoms with E-state index in [1.54, 1.807) is 26.2 Å². The van der Waals surface area contributed by atoms with Gasteiger partial charge < -0.3 is 9.47 Å². The molecule has 120 valence electrons. The van der Waals surface area contributed by atoms with Crippen LogP contribution in [0.5, 0.6) is 5.75 Å². The van der Waals surface area contributed by atoms with Crippen LogP contribution in [0, 0.1) is 0 Å². The first kappa shape index (κ1) is 18.2. The van der Waals surface area contributed by atoms with E-state index in [0.29, 0.717) is 24.5 Å². The molecule has 1 rings (SSSR count). The van der Waals surface area contributed by atoms with Crippen molar-refractivity contribution in [2.75, 3.05) is 27.4 Å². The third-order valence-electron chi connectivity index (χ3n) is 3.18. The third kappa shape index (κ3) is 4.32. The highest BCUT2D eigenvalue weighted by Gasteiger charge is 2.26. The fourth-order valence-electron chi connectivity index (χ4n) is 1.87. The largest absolute Gasteiger partial charge is 0.494 e. The van der Waals surface area contributed by atoms with Gasteiger partial charge in [-0.2, -0.15) is 4.31 Å². The van der Waals surface area contributed by atoms with E-state index in [1.807, 2.05) is 6.92 Å². The summed E-state index contributed by atoms with van der Waals surface area (Å²) < 4.78 is 36.9. The Balaban J connectivity index is 3.14. The number of alkyl halides is 1. The number of rotatable bonds is 8. The minimum atomic E-state index is -3.59. The van der Waals surface area contributed by atoms with E-state index >= 15 is 0 Å². The zero-order valence-corrected chi connectivity index (χ0v) is 14.4. The molecule has 5 nitrogen and oxygen atoms in total. The summed E-state index contributed by atoms with van der Waals surface area (Å²) in [5.41, 5.74) is 0.660. The van der Waals surface area contributed by atoms with Gasteiger partial charge in [0.15, 0.2) is 0 Å². The summed E-state index contributed by atoms with van der Waals surface area (Å²) in [6.45, 7) is 4.48. The maximum Gasteiger partial charge on any atom is 0.243 e. The number of ether oxygens (including phenoxy) is 2. The van der Waals surface area contributed by atoms with Crippen molar-refractivity contribution < 1.29 is 17.9 Å². The van der Waals surface area contributed by atoms with Crippen molar-refractivity contribution in [3.8, 4) is 5.75 Å². The Hall–Kier alpha value is -0.820. The van der Waals surface area contributed by atoms with Crippen molar-refractivity contribution in [1.29, 1.82) is 0 Å². The molecule has 0 aromatic heterocycles. The zero-order chi connectivity index (χ0) is 16.0. The zero-order valence-electron chi connectivity index (χ0n) is 12.8. The first-order valence-electron chi connectivity index (χ1n) is 6.67. The van der Waals surface area contributed by atoms with Crippen LogP contribution in [0.4, 0.5) is 0 Å². The molecule has 0 aliphatic heterocycles. The average molecular weight is 336 g/mol.